The zero-order valence-electron chi connectivity index (χ0n) is 19.9. The van der Waals surface area contributed by atoms with Crippen molar-refractivity contribution in [1.82, 2.24) is 15.3 Å². The maximum Gasteiger partial charge on any atom is 0.263 e. The summed E-state index contributed by atoms with van der Waals surface area (Å²) >= 11 is 1.35. The topological polar surface area (TPSA) is 129 Å². The number of ether oxygens (including phenoxy) is 2. The van der Waals surface area contributed by atoms with Gasteiger partial charge in [-0.3, -0.25) is 4.79 Å². The van der Waals surface area contributed by atoms with Crippen LogP contribution in [0.15, 0.2) is 24.3 Å². The molecule has 2 saturated heterocycles. The maximum absolute atomic E-state index is 13.0. The molecule has 3 aromatic heterocycles. The second-order valence-corrected chi connectivity index (χ2v) is 10.9. The van der Waals surface area contributed by atoms with E-state index in [2.05, 4.69) is 21.3 Å². The van der Waals surface area contributed by atoms with Crippen molar-refractivity contribution in [1.29, 1.82) is 0 Å². The Morgan fingerprint density at radius 1 is 1.29 bits per heavy atom. The number of nitrogen functional groups attached to an aromatic ring is 1. The number of thiophene rings is 1. The van der Waals surface area contributed by atoms with Crippen LogP contribution in [0.4, 0.5) is 11.5 Å². The molecule has 1 spiro atoms. The average Bonchev–Trinajstić information content (AvgIpc) is 3.48. The molecule has 2 fully saturated rings. The molecular formula is C25H30N6O3S. The number of anilines is 2. The zero-order valence-corrected chi connectivity index (χ0v) is 20.7. The number of rotatable bonds is 3. The molecule has 4 atom stereocenters. The highest BCUT2D eigenvalue weighted by Gasteiger charge is 2.52. The lowest BCUT2D eigenvalue weighted by Gasteiger charge is -2.27. The SMILES string of the molecule is Cc1ccc2c(N)c(C(=O)NC3CCc4nc(N5CC(N)C6(C5)OCC(C)O6)ccc4C3)sc2n1. The van der Waals surface area contributed by atoms with Gasteiger partial charge in [-0.25, -0.2) is 9.97 Å². The lowest BCUT2D eigenvalue weighted by atomic mass is 9.91. The minimum absolute atomic E-state index is 0.0345. The van der Waals surface area contributed by atoms with Crippen LogP contribution in [0.3, 0.4) is 0 Å². The van der Waals surface area contributed by atoms with Crippen LogP contribution >= 0.6 is 11.3 Å². The summed E-state index contributed by atoms with van der Waals surface area (Å²) in [6, 6.07) is 7.81. The van der Waals surface area contributed by atoms with Crippen LogP contribution in [0.5, 0.6) is 0 Å². The molecule has 4 unspecified atom stereocenters. The number of aromatic nitrogens is 2. The molecule has 1 amide bonds. The van der Waals surface area contributed by atoms with Crippen molar-refractivity contribution in [3.8, 4) is 0 Å². The summed E-state index contributed by atoms with van der Waals surface area (Å²) < 4.78 is 12.0. The van der Waals surface area contributed by atoms with Gasteiger partial charge in [0.2, 0.25) is 5.79 Å². The van der Waals surface area contributed by atoms with Gasteiger partial charge >= 0.3 is 0 Å². The van der Waals surface area contributed by atoms with Gasteiger partial charge in [0, 0.05) is 29.4 Å². The lowest BCUT2D eigenvalue weighted by molar-refractivity contribution is -0.157. The second kappa shape index (κ2) is 8.41. The molecule has 10 heteroatoms. The van der Waals surface area contributed by atoms with E-state index in [1.165, 1.54) is 11.3 Å². The second-order valence-electron chi connectivity index (χ2n) is 9.88. The third-order valence-electron chi connectivity index (χ3n) is 7.20. The van der Waals surface area contributed by atoms with E-state index in [-0.39, 0.29) is 24.1 Å². The monoisotopic (exact) mass is 494 g/mol. The minimum Gasteiger partial charge on any atom is -0.397 e. The van der Waals surface area contributed by atoms with Crippen LogP contribution in [0.2, 0.25) is 0 Å². The Balaban J connectivity index is 1.14. The molecule has 35 heavy (non-hydrogen) atoms. The highest BCUT2D eigenvalue weighted by atomic mass is 32.1. The molecule has 0 saturated carbocycles. The van der Waals surface area contributed by atoms with Crippen molar-refractivity contribution < 1.29 is 14.3 Å². The van der Waals surface area contributed by atoms with Crippen molar-refractivity contribution in [2.45, 2.75) is 57.1 Å². The Kier molecular flexibility index (Phi) is 5.44. The molecule has 0 aromatic carbocycles. The van der Waals surface area contributed by atoms with Crippen molar-refractivity contribution >= 4 is 39.0 Å². The Morgan fingerprint density at radius 2 is 2.14 bits per heavy atom. The van der Waals surface area contributed by atoms with Crippen LogP contribution in [0.25, 0.3) is 10.2 Å². The quantitative estimate of drug-likeness (QED) is 0.505. The van der Waals surface area contributed by atoms with Crippen molar-refractivity contribution in [3.63, 3.8) is 0 Å². The summed E-state index contributed by atoms with van der Waals surface area (Å²) in [4.78, 5) is 26.0. The molecule has 2 aliphatic heterocycles. The van der Waals surface area contributed by atoms with Crippen LogP contribution in [-0.4, -0.2) is 59.5 Å². The first-order valence-corrected chi connectivity index (χ1v) is 12.9. The third kappa shape index (κ3) is 3.94. The van der Waals surface area contributed by atoms with E-state index < -0.39 is 5.79 Å². The first-order chi connectivity index (χ1) is 16.8. The van der Waals surface area contributed by atoms with E-state index in [0.717, 1.165) is 52.2 Å². The Morgan fingerprint density at radius 3 is 2.94 bits per heavy atom. The average molecular weight is 495 g/mol. The van der Waals surface area contributed by atoms with E-state index >= 15 is 0 Å². The number of hydrogen-bond acceptors (Lipinski definition) is 9. The van der Waals surface area contributed by atoms with Gasteiger partial charge < -0.3 is 31.2 Å². The Labute approximate surface area is 207 Å². The van der Waals surface area contributed by atoms with Gasteiger partial charge in [0.25, 0.3) is 5.91 Å². The predicted molar refractivity (Wildman–Crippen MR) is 136 cm³/mol. The van der Waals surface area contributed by atoms with Crippen molar-refractivity contribution in [3.05, 3.63) is 46.1 Å². The molecule has 9 nitrogen and oxygen atoms in total. The first kappa shape index (κ1) is 22.7. The molecule has 5 N–H and O–H groups in total. The van der Waals surface area contributed by atoms with Crippen LogP contribution < -0.4 is 21.7 Å². The largest absolute Gasteiger partial charge is 0.397 e. The van der Waals surface area contributed by atoms with E-state index in [1.807, 2.05) is 32.0 Å². The smallest absolute Gasteiger partial charge is 0.263 e. The summed E-state index contributed by atoms with van der Waals surface area (Å²) in [6.45, 7) is 5.72. The number of hydrogen-bond donors (Lipinski definition) is 3. The van der Waals surface area contributed by atoms with E-state index in [0.29, 0.717) is 30.3 Å². The molecule has 1 aliphatic carbocycles. The molecule has 3 aliphatic rings. The molecule has 5 heterocycles. The standard InChI is InChI=1S/C25H30N6O3S/c1-13-3-6-17-21(27)22(35-24(17)28-13)23(32)29-16-5-7-18-15(9-16)4-8-20(30-18)31-10-19(26)25(12-31)33-11-14(2)34-25/h3-4,6,8,14,16,19H,5,7,9-12,26-27H2,1-2H3,(H,29,32). The number of carbonyl (C=O) groups is 1. The Hall–Kier alpha value is -2.79. The van der Waals surface area contributed by atoms with E-state index in [9.17, 15) is 4.79 Å². The molecular weight excluding hydrogens is 464 g/mol. The number of aryl methyl sites for hydroxylation is 2. The third-order valence-corrected chi connectivity index (χ3v) is 8.32. The van der Waals surface area contributed by atoms with Gasteiger partial charge in [0.05, 0.1) is 31.0 Å². The first-order valence-electron chi connectivity index (χ1n) is 12.1. The summed E-state index contributed by atoms with van der Waals surface area (Å²) in [6.07, 6.45) is 2.41. The van der Waals surface area contributed by atoms with Crippen molar-refractivity contribution in [2.75, 3.05) is 30.3 Å². The number of fused-ring (bicyclic) bond motifs is 2. The number of pyridine rings is 2. The summed E-state index contributed by atoms with van der Waals surface area (Å²) in [5, 5.41) is 4.02. The Bertz CT molecular complexity index is 1310. The fourth-order valence-electron chi connectivity index (χ4n) is 5.35. The summed E-state index contributed by atoms with van der Waals surface area (Å²) in [5.74, 6) is 0.0177. The number of nitrogens with two attached hydrogens (primary N) is 2. The maximum atomic E-state index is 13.0. The normalized spacial score (nSPS) is 28.1. The van der Waals surface area contributed by atoms with Crippen LogP contribution in [0, 0.1) is 6.92 Å². The van der Waals surface area contributed by atoms with Gasteiger partial charge in [-0.2, -0.15) is 0 Å². The van der Waals surface area contributed by atoms with Crippen molar-refractivity contribution in [2.24, 2.45) is 5.73 Å². The minimum atomic E-state index is -0.741. The predicted octanol–water partition coefficient (Wildman–Crippen LogP) is 2.15. The molecule has 0 radical (unpaired) electrons. The van der Waals surface area contributed by atoms with Gasteiger partial charge in [0.15, 0.2) is 0 Å². The highest BCUT2D eigenvalue weighted by molar-refractivity contribution is 7.21. The molecule has 3 aromatic rings. The number of amides is 1. The zero-order chi connectivity index (χ0) is 24.3. The molecule has 0 bridgehead atoms. The lowest BCUT2D eigenvalue weighted by Crippen LogP contribution is -2.48. The van der Waals surface area contributed by atoms with Gasteiger partial charge in [-0.05, 0) is 56.9 Å². The summed E-state index contributed by atoms with van der Waals surface area (Å²) in [7, 11) is 0. The van der Waals surface area contributed by atoms with E-state index in [4.69, 9.17) is 25.9 Å². The van der Waals surface area contributed by atoms with Gasteiger partial charge in [-0.1, -0.05) is 6.07 Å². The van der Waals surface area contributed by atoms with E-state index in [1.54, 1.807) is 0 Å². The van der Waals surface area contributed by atoms with Crippen LogP contribution in [0.1, 0.15) is 40.0 Å². The summed E-state index contributed by atoms with van der Waals surface area (Å²) in [5.41, 5.74) is 16.3. The number of carbonyl (C=O) groups excluding carboxylic acids is 1. The van der Waals surface area contributed by atoms with Gasteiger partial charge in [0.1, 0.15) is 15.5 Å². The molecule has 184 valence electrons. The number of nitrogens with one attached hydrogen (secondary N) is 1. The number of nitrogens with zero attached hydrogens (tertiary/aromatic N) is 3. The van der Waals surface area contributed by atoms with Crippen LogP contribution in [-0.2, 0) is 22.3 Å². The van der Waals surface area contributed by atoms with Gasteiger partial charge in [-0.15, -0.1) is 11.3 Å². The highest BCUT2D eigenvalue weighted by Crippen LogP contribution is 2.36. The fraction of sp³-hybridized carbons (Fsp3) is 0.480. The molecule has 6 rings (SSSR count). The fourth-order valence-corrected chi connectivity index (χ4v) is 6.39.